The normalized spacial score (nSPS) is 16.0. The van der Waals surface area contributed by atoms with E-state index in [1.54, 1.807) is 35.4 Å². The second-order valence-corrected chi connectivity index (χ2v) is 6.03. The van der Waals surface area contributed by atoms with Crippen LogP contribution in [0.3, 0.4) is 0 Å². The van der Waals surface area contributed by atoms with Crippen molar-refractivity contribution >= 4 is 29.0 Å². The Morgan fingerprint density at radius 3 is 2.64 bits per heavy atom. The lowest BCUT2D eigenvalue weighted by atomic mass is 10.1. The van der Waals surface area contributed by atoms with Crippen LogP contribution in [-0.2, 0) is 0 Å². The SMILES string of the molecule is O=C1c2ccccc2[C@H](Nc2ccc(F)c(Cl)c2)N1c1ccccn1. The van der Waals surface area contributed by atoms with E-state index in [4.69, 9.17) is 11.6 Å². The Morgan fingerprint density at radius 1 is 1.08 bits per heavy atom. The van der Waals surface area contributed by atoms with E-state index in [0.717, 1.165) is 5.56 Å². The number of hydrogen-bond donors (Lipinski definition) is 1. The first-order valence-electron chi connectivity index (χ1n) is 7.70. The smallest absolute Gasteiger partial charge is 0.261 e. The third-order valence-corrected chi connectivity index (χ3v) is 4.37. The number of nitrogens with zero attached hydrogens (tertiary/aromatic N) is 2. The minimum atomic E-state index is -0.489. The molecule has 3 aromatic rings. The maximum atomic E-state index is 13.4. The third-order valence-electron chi connectivity index (χ3n) is 4.08. The monoisotopic (exact) mass is 353 g/mol. The van der Waals surface area contributed by atoms with Gasteiger partial charge in [0.2, 0.25) is 0 Å². The fourth-order valence-corrected chi connectivity index (χ4v) is 3.12. The van der Waals surface area contributed by atoms with Gasteiger partial charge in [-0.05, 0) is 36.4 Å². The van der Waals surface area contributed by atoms with E-state index in [-0.39, 0.29) is 10.9 Å². The van der Waals surface area contributed by atoms with Gasteiger partial charge in [0, 0.05) is 23.0 Å². The van der Waals surface area contributed by atoms with Gasteiger partial charge in [0.15, 0.2) is 0 Å². The highest BCUT2D eigenvalue weighted by molar-refractivity contribution is 6.31. The summed E-state index contributed by atoms with van der Waals surface area (Å²) in [6.07, 6.45) is 1.18. The van der Waals surface area contributed by atoms with Crippen LogP contribution in [0.15, 0.2) is 66.9 Å². The number of fused-ring (bicyclic) bond motifs is 1. The molecule has 0 saturated carbocycles. The van der Waals surface area contributed by atoms with Gasteiger partial charge in [0.25, 0.3) is 5.91 Å². The van der Waals surface area contributed by atoms with Crippen molar-refractivity contribution in [3.8, 4) is 0 Å². The van der Waals surface area contributed by atoms with Crippen LogP contribution in [0.25, 0.3) is 0 Å². The summed E-state index contributed by atoms with van der Waals surface area (Å²) in [6, 6.07) is 17.1. The van der Waals surface area contributed by atoms with Crippen molar-refractivity contribution in [2.45, 2.75) is 6.17 Å². The number of amides is 1. The van der Waals surface area contributed by atoms with Gasteiger partial charge in [-0.1, -0.05) is 35.9 Å². The summed E-state index contributed by atoms with van der Waals surface area (Å²) in [5, 5.41) is 3.28. The maximum absolute atomic E-state index is 13.4. The second-order valence-electron chi connectivity index (χ2n) is 5.63. The lowest BCUT2D eigenvalue weighted by molar-refractivity contribution is 0.0992. The minimum absolute atomic E-state index is 0.0204. The molecule has 2 aromatic carbocycles. The molecule has 0 radical (unpaired) electrons. The van der Waals surface area contributed by atoms with Crippen molar-refractivity contribution in [2.24, 2.45) is 0 Å². The van der Waals surface area contributed by atoms with Gasteiger partial charge < -0.3 is 5.32 Å². The van der Waals surface area contributed by atoms with Crippen LogP contribution in [0.2, 0.25) is 5.02 Å². The molecule has 0 bridgehead atoms. The summed E-state index contributed by atoms with van der Waals surface area (Å²) in [5.74, 6) is -0.0916. The number of nitrogens with one attached hydrogen (secondary N) is 1. The molecule has 1 amide bonds. The van der Waals surface area contributed by atoms with E-state index in [0.29, 0.717) is 17.1 Å². The molecule has 0 aliphatic carbocycles. The van der Waals surface area contributed by atoms with Gasteiger partial charge in [-0.25, -0.2) is 9.37 Å². The highest BCUT2D eigenvalue weighted by Crippen LogP contribution is 2.37. The van der Waals surface area contributed by atoms with Crippen molar-refractivity contribution in [2.75, 3.05) is 10.2 Å². The minimum Gasteiger partial charge on any atom is -0.361 e. The fourth-order valence-electron chi connectivity index (χ4n) is 2.93. The number of hydrogen-bond acceptors (Lipinski definition) is 3. The van der Waals surface area contributed by atoms with Gasteiger partial charge in [0.05, 0.1) is 5.02 Å². The lowest BCUT2D eigenvalue weighted by Gasteiger charge is -2.26. The Balaban J connectivity index is 1.78. The van der Waals surface area contributed by atoms with Crippen molar-refractivity contribution in [1.29, 1.82) is 0 Å². The molecule has 1 atom stereocenters. The Bertz CT molecular complexity index is 948. The number of carbonyl (C=O) groups is 1. The van der Waals surface area contributed by atoms with Crippen molar-refractivity contribution in [3.05, 3.63) is 88.8 Å². The van der Waals surface area contributed by atoms with Crippen LogP contribution < -0.4 is 10.2 Å². The van der Waals surface area contributed by atoms with Gasteiger partial charge in [0.1, 0.15) is 17.8 Å². The van der Waals surface area contributed by atoms with Crippen molar-refractivity contribution < 1.29 is 9.18 Å². The van der Waals surface area contributed by atoms with Crippen molar-refractivity contribution in [3.63, 3.8) is 0 Å². The topological polar surface area (TPSA) is 45.2 Å². The van der Waals surface area contributed by atoms with Gasteiger partial charge in [-0.2, -0.15) is 0 Å². The van der Waals surface area contributed by atoms with Crippen LogP contribution in [0.4, 0.5) is 15.9 Å². The van der Waals surface area contributed by atoms with Gasteiger partial charge >= 0.3 is 0 Å². The molecule has 1 aliphatic heterocycles. The lowest BCUT2D eigenvalue weighted by Crippen LogP contribution is -2.32. The number of pyridine rings is 1. The van der Waals surface area contributed by atoms with Crippen LogP contribution >= 0.6 is 11.6 Å². The number of benzene rings is 2. The summed E-state index contributed by atoms with van der Waals surface area (Å²) in [5.41, 5.74) is 2.05. The van der Waals surface area contributed by atoms with E-state index < -0.39 is 12.0 Å². The zero-order chi connectivity index (χ0) is 17.4. The van der Waals surface area contributed by atoms with E-state index in [2.05, 4.69) is 10.3 Å². The zero-order valence-electron chi connectivity index (χ0n) is 13.0. The molecule has 6 heteroatoms. The van der Waals surface area contributed by atoms with Gasteiger partial charge in [-0.15, -0.1) is 0 Å². The predicted molar refractivity (Wildman–Crippen MR) is 95.3 cm³/mol. The first-order valence-corrected chi connectivity index (χ1v) is 8.08. The summed E-state index contributed by atoms with van der Waals surface area (Å²) in [7, 11) is 0. The van der Waals surface area contributed by atoms with E-state index >= 15 is 0 Å². The third kappa shape index (κ3) is 2.72. The average molecular weight is 354 g/mol. The molecule has 0 unspecified atom stereocenters. The molecule has 0 saturated heterocycles. The molecule has 1 N–H and O–H groups in total. The molecule has 4 nitrogen and oxygen atoms in total. The maximum Gasteiger partial charge on any atom is 0.261 e. The predicted octanol–water partition coefficient (Wildman–Crippen LogP) is 4.65. The molecule has 4 rings (SSSR count). The largest absolute Gasteiger partial charge is 0.361 e. The molecule has 0 spiro atoms. The molecule has 2 heterocycles. The molecular formula is C19H13ClFN3O. The molecule has 124 valence electrons. The number of rotatable bonds is 3. The standard InChI is InChI=1S/C19H13ClFN3O/c20-15-11-12(8-9-16(15)21)23-18-13-5-1-2-6-14(13)19(25)24(18)17-7-3-4-10-22-17/h1-11,18,23H/t18-/m1/s1. The number of halogens is 2. The van der Waals surface area contributed by atoms with E-state index in [1.807, 2.05) is 24.3 Å². The highest BCUT2D eigenvalue weighted by atomic mass is 35.5. The van der Waals surface area contributed by atoms with E-state index in [9.17, 15) is 9.18 Å². The zero-order valence-corrected chi connectivity index (χ0v) is 13.7. The van der Waals surface area contributed by atoms with Crippen molar-refractivity contribution in [1.82, 2.24) is 4.98 Å². The quantitative estimate of drug-likeness (QED) is 0.745. The van der Waals surface area contributed by atoms with Crippen LogP contribution in [-0.4, -0.2) is 10.9 Å². The number of aromatic nitrogens is 1. The Hall–Kier alpha value is -2.92. The Morgan fingerprint density at radius 2 is 1.88 bits per heavy atom. The molecule has 0 fully saturated rings. The summed E-state index contributed by atoms with van der Waals surface area (Å²) < 4.78 is 13.4. The average Bonchev–Trinajstić information content (AvgIpc) is 2.91. The molecule has 25 heavy (non-hydrogen) atoms. The number of anilines is 2. The number of carbonyl (C=O) groups excluding carboxylic acids is 1. The van der Waals surface area contributed by atoms with Crippen LogP contribution in [0.5, 0.6) is 0 Å². The van der Waals surface area contributed by atoms with Gasteiger partial charge in [-0.3, -0.25) is 9.69 Å². The molecule has 1 aliphatic rings. The summed E-state index contributed by atoms with van der Waals surface area (Å²) >= 11 is 5.87. The first-order chi connectivity index (χ1) is 12.1. The van der Waals surface area contributed by atoms with Crippen LogP contribution in [0, 0.1) is 5.82 Å². The highest BCUT2D eigenvalue weighted by Gasteiger charge is 2.38. The Labute approximate surface area is 148 Å². The fraction of sp³-hybridized carbons (Fsp3) is 0.0526. The van der Waals surface area contributed by atoms with Crippen LogP contribution in [0.1, 0.15) is 22.1 Å². The summed E-state index contributed by atoms with van der Waals surface area (Å²) in [4.78, 5) is 18.8. The molecular weight excluding hydrogens is 341 g/mol. The Kier molecular flexibility index (Phi) is 3.86. The van der Waals surface area contributed by atoms with E-state index in [1.165, 1.54) is 12.1 Å². The second kappa shape index (κ2) is 6.18. The first kappa shape index (κ1) is 15.6. The summed E-state index contributed by atoms with van der Waals surface area (Å²) in [6.45, 7) is 0. The molecule has 1 aromatic heterocycles.